The lowest BCUT2D eigenvalue weighted by Crippen LogP contribution is -2.27. The molecule has 1 aromatic rings. The first-order chi connectivity index (χ1) is 7.58. The van der Waals surface area contributed by atoms with E-state index in [0.717, 1.165) is 11.3 Å². The SMILES string of the molecule is CC(C)(C)OC(=O)Nc1nc(S(=O)(=O)Cl)cs1. The highest BCUT2D eigenvalue weighted by atomic mass is 35.7. The molecular formula is C8H11ClN2O4S2. The van der Waals surface area contributed by atoms with E-state index in [1.54, 1.807) is 20.8 Å². The minimum atomic E-state index is -3.87. The summed E-state index contributed by atoms with van der Waals surface area (Å²) in [5, 5.41) is 3.36. The van der Waals surface area contributed by atoms with Gasteiger partial charge in [0.15, 0.2) is 10.2 Å². The van der Waals surface area contributed by atoms with Crippen LogP contribution in [0.4, 0.5) is 9.93 Å². The van der Waals surface area contributed by atoms with Gasteiger partial charge in [0, 0.05) is 16.1 Å². The fraction of sp³-hybridized carbons (Fsp3) is 0.500. The predicted octanol–water partition coefficient (Wildman–Crippen LogP) is 2.42. The van der Waals surface area contributed by atoms with E-state index in [4.69, 9.17) is 15.4 Å². The summed E-state index contributed by atoms with van der Waals surface area (Å²) in [6, 6.07) is 0. The molecule has 0 saturated carbocycles. The zero-order chi connectivity index (χ0) is 13.3. The summed E-state index contributed by atoms with van der Waals surface area (Å²) in [5.74, 6) is 0. The Hall–Kier alpha value is -0.860. The smallest absolute Gasteiger partial charge is 0.413 e. The molecule has 0 aliphatic heterocycles. The van der Waals surface area contributed by atoms with Crippen molar-refractivity contribution in [2.24, 2.45) is 0 Å². The van der Waals surface area contributed by atoms with Crippen LogP contribution in [0.5, 0.6) is 0 Å². The van der Waals surface area contributed by atoms with E-state index in [2.05, 4.69) is 10.3 Å². The first-order valence-corrected chi connectivity index (χ1v) is 7.67. The molecule has 1 N–H and O–H groups in total. The number of amides is 1. The molecule has 0 bridgehead atoms. The van der Waals surface area contributed by atoms with E-state index in [1.165, 1.54) is 5.38 Å². The number of aromatic nitrogens is 1. The highest BCUT2D eigenvalue weighted by molar-refractivity contribution is 8.13. The second-order valence-corrected chi connectivity index (χ2v) is 7.43. The van der Waals surface area contributed by atoms with Gasteiger partial charge in [0.25, 0.3) is 9.05 Å². The Morgan fingerprint density at radius 3 is 2.53 bits per heavy atom. The summed E-state index contributed by atoms with van der Waals surface area (Å²) < 4.78 is 26.8. The largest absolute Gasteiger partial charge is 0.444 e. The van der Waals surface area contributed by atoms with Crippen molar-refractivity contribution < 1.29 is 17.9 Å². The maximum Gasteiger partial charge on any atom is 0.413 e. The van der Waals surface area contributed by atoms with E-state index in [1.807, 2.05) is 0 Å². The van der Waals surface area contributed by atoms with Gasteiger partial charge >= 0.3 is 6.09 Å². The van der Waals surface area contributed by atoms with Gasteiger partial charge in [-0.3, -0.25) is 5.32 Å². The first-order valence-electron chi connectivity index (χ1n) is 4.48. The number of anilines is 1. The van der Waals surface area contributed by atoms with Crippen molar-refractivity contribution in [1.29, 1.82) is 0 Å². The van der Waals surface area contributed by atoms with Crippen LogP contribution in [-0.4, -0.2) is 25.1 Å². The minimum Gasteiger partial charge on any atom is -0.444 e. The Labute approximate surface area is 107 Å². The van der Waals surface area contributed by atoms with Crippen LogP contribution in [0.15, 0.2) is 10.4 Å². The number of nitrogens with zero attached hydrogens (tertiary/aromatic N) is 1. The molecule has 0 spiro atoms. The van der Waals surface area contributed by atoms with Crippen LogP contribution in [0.1, 0.15) is 20.8 Å². The number of nitrogens with one attached hydrogen (secondary N) is 1. The number of carbonyl (C=O) groups excluding carboxylic acids is 1. The summed E-state index contributed by atoms with van der Waals surface area (Å²) in [4.78, 5) is 15.0. The average molecular weight is 299 g/mol. The topological polar surface area (TPSA) is 85.4 Å². The van der Waals surface area contributed by atoms with Crippen molar-refractivity contribution in [3.8, 4) is 0 Å². The van der Waals surface area contributed by atoms with Crippen molar-refractivity contribution >= 4 is 42.3 Å². The summed E-state index contributed by atoms with van der Waals surface area (Å²) in [5.41, 5.74) is -0.636. The lowest BCUT2D eigenvalue weighted by molar-refractivity contribution is 0.0636. The molecule has 0 aliphatic rings. The Bertz CT molecular complexity index is 518. The number of thiazole rings is 1. The van der Waals surface area contributed by atoms with E-state index in [-0.39, 0.29) is 10.2 Å². The molecular weight excluding hydrogens is 288 g/mol. The predicted molar refractivity (Wildman–Crippen MR) is 65.0 cm³/mol. The van der Waals surface area contributed by atoms with Crippen LogP contribution < -0.4 is 5.32 Å². The van der Waals surface area contributed by atoms with Gasteiger partial charge in [-0.05, 0) is 20.8 Å². The Kier molecular flexibility index (Phi) is 4.00. The van der Waals surface area contributed by atoms with Crippen LogP contribution in [0.25, 0.3) is 0 Å². The molecule has 0 fully saturated rings. The standard InChI is InChI=1S/C8H11ClN2O4S2/c1-8(2,3)15-7(12)11-6-10-5(4-16-6)17(9,13)14/h4H,1-3H3,(H,10,11,12). The summed E-state index contributed by atoms with van der Waals surface area (Å²) in [6.45, 7) is 5.13. The number of hydrogen-bond donors (Lipinski definition) is 1. The number of carbonyl (C=O) groups is 1. The van der Waals surface area contributed by atoms with Gasteiger partial charge in [-0.25, -0.2) is 18.2 Å². The molecule has 0 aliphatic carbocycles. The second-order valence-electron chi connectivity index (χ2n) is 4.06. The van der Waals surface area contributed by atoms with Gasteiger partial charge in [0.1, 0.15) is 5.60 Å². The molecule has 1 heterocycles. The van der Waals surface area contributed by atoms with Crippen LogP contribution in [0.3, 0.4) is 0 Å². The molecule has 6 nitrogen and oxygen atoms in total. The Morgan fingerprint density at radius 2 is 2.12 bits per heavy atom. The third kappa shape index (κ3) is 4.88. The first kappa shape index (κ1) is 14.2. The van der Waals surface area contributed by atoms with Gasteiger partial charge in [-0.15, -0.1) is 11.3 Å². The molecule has 0 radical (unpaired) electrons. The van der Waals surface area contributed by atoms with Crippen LogP contribution >= 0.6 is 22.0 Å². The van der Waals surface area contributed by atoms with Gasteiger partial charge in [0.05, 0.1) is 0 Å². The van der Waals surface area contributed by atoms with Crippen LogP contribution in [0, 0.1) is 0 Å². The van der Waals surface area contributed by atoms with Gasteiger partial charge in [-0.1, -0.05) is 0 Å². The van der Waals surface area contributed by atoms with Gasteiger partial charge in [-0.2, -0.15) is 0 Å². The Balaban J connectivity index is 2.71. The highest BCUT2D eigenvalue weighted by Crippen LogP contribution is 2.22. The number of ether oxygens (including phenoxy) is 1. The van der Waals surface area contributed by atoms with Crippen LogP contribution in [-0.2, 0) is 13.8 Å². The number of halogens is 1. The summed E-state index contributed by atoms with van der Waals surface area (Å²) in [7, 11) is 1.21. The van der Waals surface area contributed by atoms with Crippen molar-refractivity contribution in [2.45, 2.75) is 31.4 Å². The molecule has 1 amide bonds. The molecule has 0 atom stereocenters. The highest BCUT2D eigenvalue weighted by Gasteiger charge is 2.19. The molecule has 9 heteroatoms. The average Bonchev–Trinajstić information content (AvgIpc) is 2.47. The Morgan fingerprint density at radius 1 is 1.53 bits per heavy atom. The van der Waals surface area contributed by atoms with Crippen molar-refractivity contribution in [3.63, 3.8) is 0 Å². The number of rotatable bonds is 2. The zero-order valence-corrected chi connectivity index (χ0v) is 11.7. The van der Waals surface area contributed by atoms with Crippen LogP contribution in [0.2, 0.25) is 0 Å². The molecule has 0 aromatic carbocycles. The lowest BCUT2D eigenvalue weighted by atomic mass is 10.2. The molecule has 0 unspecified atom stereocenters. The van der Waals surface area contributed by atoms with E-state index < -0.39 is 20.7 Å². The fourth-order valence-electron chi connectivity index (χ4n) is 0.819. The van der Waals surface area contributed by atoms with E-state index >= 15 is 0 Å². The molecule has 1 rings (SSSR count). The third-order valence-electron chi connectivity index (χ3n) is 1.34. The summed E-state index contributed by atoms with van der Waals surface area (Å²) in [6.07, 6.45) is -0.703. The van der Waals surface area contributed by atoms with Gasteiger partial charge < -0.3 is 4.74 Å². The molecule has 1 aromatic heterocycles. The lowest BCUT2D eigenvalue weighted by Gasteiger charge is -2.18. The maximum atomic E-state index is 11.3. The van der Waals surface area contributed by atoms with Crippen molar-refractivity contribution in [2.75, 3.05) is 5.32 Å². The molecule has 17 heavy (non-hydrogen) atoms. The zero-order valence-electron chi connectivity index (χ0n) is 9.35. The van der Waals surface area contributed by atoms with Crippen molar-refractivity contribution in [3.05, 3.63) is 5.38 Å². The number of hydrogen-bond acceptors (Lipinski definition) is 6. The molecule has 0 saturated heterocycles. The third-order valence-corrected chi connectivity index (χ3v) is 3.43. The fourth-order valence-corrected chi connectivity index (χ4v) is 2.67. The molecule has 96 valence electrons. The minimum absolute atomic E-state index is 0.110. The van der Waals surface area contributed by atoms with E-state index in [9.17, 15) is 13.2 Å². The van der Waals surface area contributed by atoms with Crippen molar-refractivity contribution in [1.82, 2.24) is 4.98 Å². The monoisotopic (exact) mass is 298 g/mol. The van der Waals surface area contributed by atoms with Gasteiger partial charge in [0.2, 0.25) is 0 Å². The van der Waals surface area contributed by atoms with E-state index in [0.29, 0.717) is 0 Å². The normalized spacial score (nSPS) is 12.2. The summed E-state index contributed by atoms with van der Waals surface area (Å²) >= 11 is 0.944. The maximum absolute atomic E-state index is 11.3. The quantitative estimate of drug-likeness (QED) is 0.847. The second kappa shape index (κ2) is 4.79.